The van der Waals surface area contributed by atoms with Crippen molar-refractivity contribution in [3.63, 3.8) is 0 Å². The van der Waals surface area contributed by atoms with Crippen LogP contribution in [-0.4, -0.2) is 56.7 Å². The van der Waals surface area contributed by atoms with Crippen molar-refractivity contribution in [2.24, 2.45) is 17.6 Å². The number of nitrogens with zero attached hydrogens (tertiary/aromatic N) is 1. The summed E-state index contributed by atoms with van der Waals surface area (Å²) in [4.78, 5) is 14.3. The lowest BCUT2D eigenvalue weighted by Crippen LogP contribution is -2.62. The monoisotopic (exact) mass is 269 g/mol. The van der Waals surface area contributed by atoms with E-state index in [2.05, 4.69) is 10.2 Å². The molecule has 5 nitrogen and oxygen atoms in total. The molecule has 3 N–H and O–H groups in total. The van der Waals surface area contributed by atoms with E-state index in [1.165, 1.54) is 0 Å². The third-order valence-corrected chi connectivity index (χ3v) is 4.74. The number of carbonyl (C=O) groups excluding carboxylic acids is 1. The fourth-order valence-electron chi connectivity index (χ4n) is 3.29. The molecule has 1 atom stereocenters. The SMILES string of the molecule is CNC(CN1CCC(COC)CC1)(C(N)=O)C1CC1. The van der Waals surface area contributed by atoms with Gasteiger partial charge in [0, 0.05) is 20.3 Å². The lowest BCUT2D eigenvalue weighted by molar-refractivity contribution is -0.126. The van der Waals surface area contributed by atoms with Gasteiger partial charge < -0.3 is 20.7 Å². The molecule has 0 bridgehead atoms. The van der Waals surface area contributed by atoms with Crippen LogP contribution in [0.2, 0.25) is 0 Å². The summed E-state index contributed by atoms with van der Waals surface area (Å²) in [6.45, 7) is 3.68. The average Bonchev–Trinajstić information content (AvgIpc) is 3.22. The van der Waals surface area contributed by atoms with Crippen LogP contribution in [0.3, 0.4) is 0 Å². The molecule has 2 fully saturated rings. The van der Waals surface area contributed by atoms with Crippen molar-refractivity contribution < 1.29 is 9.53 Å². The van der Waals surface area contributed by atoms with E-state index >= 15 is 0 Å². The maximum absolute atomic E-state index is 11.9. The molecule has 1 aliphatic carbocycles. The van der Waals surface area contributed by atoms with Gasteiger partial charge in [0.05, 0.1) is 0 Å². The van der Waals surface area contributed by atoms with Gasteiger partial charge in [0.1, 0.15) is 5.54 Å². The Balaban J connectivity index is 1.90. The molecule has 0 spiro atoms. The zero-order chi connectivity index (χ0) is 13.9. The van der Waals surface area contributed by atoms with Crippen molar-refractivity contribution in [1.29, 1.82) is 0 Å². The van der Waals surface area contributed by atoms with Gasteiger partial charge in [0.15, 0.2) is 0 Å². The van der Waals surface area contributed by atoms with Crippen LogP contribution >= 0.6 is 0 Å². The summed E-state index contributed by atoms with van der Waals surface area (Å²) in [6, 6.07) is 0. The molecule has 0 aromatic rings. The van der Waals surface area contributed by atoms with E-state index in [1.807, 2.05) is 7.05 Å². The number of amides is 1. The number of likely N-dealkylation sites (tertiary alicyclic amines) is 1. The van der Waals surface area contributed by atoms with E-state index in [0.717, 1.165) is 51.9 Å². The molecule has 19 heavy (non-hydrogen) atoms. The van der Waals surface area contributed by atoms with E-state index in [1.54, 1.807) is 7.11 Å². The Hall–Kier alpha value is -0.650. The van der Waals surface area contributed by atoms with Gasteiger partial charge in [-0.15, -0.1) is 0 Å². The third-order valence-electron chi connectivity index (χ3n) is 4.74. The van der Waals surface area contributed by atoms with Gasteiger partial charge in [-0.2, -0.15) is 0 Å². The van der Waals surface area contributed by atoms with Crippen molar-refractivity contribution in [1.82, 2.24) is 10.2 Å². The number of piperidine rings is 1. The first kappa shape index (κ1) is 14.8. The van der Waals surface area contributed by atoms with E-state index in [0.29, 0.717) is 11.8 Å². The predicted octanol–water partition coefficient (Wildman–Crippen LogP) is 0.198. The number of ether oxygens (including phenoxy) is 1. The quantitative estimate of drug-likeness (QED) is 0.693. The predicted molar refractivity (Wildman–Crippen MR) is 74.7 cm³/mol. The van der Waals surface area contributed by atoms with Gasteiger partial charge in [0.2, 0.25) is 5.91 Å². The molecule has 2 rings (SSSR count). The van der Waals surface area contributed by atoms with Crippen LogP contribution in [0.5, 0.6) is 0 Å². The average molecular weight is 269 g/mol. The normalized spacial score (nSPS) is 25.2. The zero-order valence-corrected chi connectivity index (χ0v) is 12.2. The molecular weight excluding hydrogens is 242 g/mol. The van der Waals surface area contributed by atoms with Crippen molar-refractivity contribution in [3.8, 4) is 0 Å². The Bertz CT molecular complexity index is 312. The number of nitrogens with one attached hydrogen (secondary N) is 1. The number of primary amides is 1. The van der Waals surface area contributed by atoms with Gasteiger partial charge in [-0.1, -0.05) is 0 Å². The van der Waals surface area contributed by atoms with Gasteiger partial charge in [0.25, 0.3) is 0 Å². The molecule has 5 heteroatoms. The molecule has 110 valence electrons. The molecule has 1 unspecified atom stereocenters. The number of nitrogens with two attached hydrogens (primary N) is 1. The second-order valence-corrected chi connectivity index (χ2v) is 6.03. The molecule has 2 aliphatic rings. The molecule has 1 amide bonds. The van der Waals surface area contributed by atoms with Crippen molar-refractivity contribution in [2.75, 3.05) is 40.4 Å². The number of hydrogen-bond donors (Lipinski definition) is 2. The van der Waals surface area contributed by atoms with Gasteiger partial charge >= 0.3 is 0 Å². The Kier molecular flexibility index (Phi) is 4.81. The minimum atomic E-state index is -0.520. The third kappa shape index (κ3) is 3.27. The molecule has 1 saturated heterocycles. The molecule has 0 aromatic carbocycles. The van der Waals surface area contributed by atoms with E-state index in [-0.39, 0.29) is 5.91 Å². The highest BCUT2D eigenvalue weighted by molar-refractivity contribution is 5.86. The summed E-state index contributed by atoms with van der Waals surface area (Å²) < 4.78 is 5.22. The number of likely N-dealkylation sites (N-methyl/N-ethyl adjacent to an activating group) is 1. The minimum Gasteiger partial charge on any atom is -0.384 e. The summed E-state index contributed by atoms with van der Waals surface area (Å²) in [5, 5.41) is 3.22. The van der Waals surface area contributed by atoms with E-state index in [9.17, 15) is 4.79 Å². The Morgan fingerprint density at radius 1 is 1.37 bits per heavy atom. The first-order valence-electron chi connectivity index (χ1n) is 7.32. The van der Waals surface area contributed by atoms with E-state index in [4.69, 9.17) is 10.5 Å². The van der Waals surface area contributed by atoms with Crippen molar-refractivity contribution in [2.45, 2.75) is 31.2 Å². The highest BCUT2D eigenvalue weighted by Gasteiger charge is 2.49. The first-order chi connectivity index (χ1) is 9.12. The molecule has 1 heterocycles. The largest absolute Gasteiger partial charge is 0.384 e. The molecule has 0 radical (unpaired) electrons. The lowest BCUT2D eigenvalue weighted by atomic mass is 9.89. The van der Waals surface area contributed by atoms with Crippen LogP contribution in [0.25, 0.3) is 0 Å². The zero-order valence-electron chi connectivity index (χ0n) is 12.2. The lowest BCUT2D eigenvalue weighted by Gasteiger charge is -2.39. The fraction of sp³-hybridized carbons (Fsp3) is 0.929. The second kappa shape index (κ2) is 6.20. The fourth-order valence-corrected chi connectivity index (χ4v) is 3.29. The van der Waals surface area contributed by atoms with Crippen LogP contribution in [0.4, 0.5) is 0 Å². The second-order valence-electron chi connectivity index (χ2n) is 6.03. The van der Waals surface area contributed by atoms with Crippen LogP contribution in [0.1, 0.15) is 25.7 Å². The maximum Gasteiger partial charge on any atom is 0.239 e. The molecule has 1 saturated carbocycles. The molecule has 0 aromatic heterocycles. The molecular formula is C14H27N3O2. The number of carbonyl (C=O) groups is 1. The van der Waals surface area contributed by atoms with Crippen LogP contribution < -0.4 is 11.1 Å². The van der Waals surface area contributed by atoms with Gasteiger partial charge in [-0.25, -0.2) is 0 Å². The highest BCUT2D eigenvalue weighted by atomic mass is 16.5. The Morgan fingerprint density at radius 2 is 2.00 bits per heavy atom. The van der Waals surface area contributed by atoms with Crippen LogP contribution in [-0.2, 0) is 9.53 Å². The minimum absolute atomic E-state index is 0.198. The summed E-state index contributed by atoms with van der Waals surface area (Å²) in [5.41, 5.74) is 5.15. The number of rotatable bonds is 7. The summed E-state index contributed by atoms with van der Waals surface area (Å²) in [5.74, 6) is 0.892. The van der Waals surface area contributed by atoms with Crippen molar-refractivity contribution in [3.05, 3.63) is 0 Å². The highest BCUT2D eigenvalue weighted by Crippen LogP contribution is 2.40. The van der Waals surface area contributed by atoms with Crippen LogP contribution in [0.15, 0.2) is 0 Å². The topological polar surface area (TPSA) is 67.6 Å². The standard InChI is InChI=1S/C14H27N3O2/c1-16-14(13(15)18,12-3-4-12)10-17-7-5-11(6-8-17)9-19-2/h11-12,16H,3-10H2,1-2H3,(H2,15,18). The van der Waals surface area contributed by atoms with Gasteiger partial charge in [-0.3, -0.25) is 4.79 Å². The van der Waals surface area contributed by atoms with E-state index < -0.39 is 5.54 Å². The Labute approximate surface area is 115 Å². The number of methoxy groups -OCH3 is 1. The molecule has 1 aliphatic heterocycles. The summed E-state index contributed by atoms with van der Waals surface area (Å²) in [6.07, 6.45) is 4.53. The van der Waals surface area contributed by atoms with Gasteiger partial charge in [-0.05, 0) is 57.7 Å². The smallest absolute Gasteiger partial charge is 0.239 e. The van der Waals surface area contributed by atoms with Crippen molar-refractivity contribution >= 4 is 5.91 Å². The Morgan fingerprint density at radius 3 is 2.42 bits per heavy atom. The van der Waals surface area contributed by atoms with Crippen LogP contribution in [0, 0.1) is 11.8 Å². The maximum atomic E-state index is 11.9. The summed E-state index contributed by atoms with van der Waals surface area (Å²) in [7, 11) is 3.62. The number of hydrogen-bond acceptors (Lipinski definition) is 4. The first-order valence-corrected chi connectivity index (χ1v) is 7.32. The summed E-state index contributed by atoms with van der Waals surface area (Å²) >= 11 is 0.